The molecular weight excluding hydrogens is 376 g/mol. The molecule has 2 aromatic rings. The van der Waals surface area contributed by atoms with Crippen molar-refractivity contribution in [3.8, 4) is 11.5 Å². The second-order valence-electron chi connectivity index (χ2n) is 5.23. The maximum absolute atomic E-state index is 12.7. The number of nitro benzene ring substituents is 1. The Balaban J connectivity index is 1.94. The van der Waals surface area contributed by atoms with Crippen molar-refractivity contribution < 1.29 is 19.6 Å². The summed E-state index contributed by atoms with van der Waals surface area (Å²) in [4.78, 5) is 24.8. The molecule has 1 aliphatic rings. The highest BCUT2D eigenvalue weighted by Crippen LogP contribution is 2.37. The number of ether oxygens (including phenoxy) is 1. The molecule has 0 atom stereocenters. The van der Waals surface area contributed by atoms with Crippen LogP contribution in [0.1, 0.15) is 5.56 Å². The topological polar surface area (TPSA) is 92.9 Å². The molecule has 1 N–H and O–H groups in total. The minimum Gasteiger partial charge on any atom is -0.504 e. The van der Waals surface area contributed by atoms with Crippen LogP contribution in [0.25, 0.3) is 6.08 Å². The maximum Gasteiger partial charge on any atom is 0.271 e. The number of phenolic OH excluding ortho intramolecular Hbond substituents is 1. The summed E-state index contributed by atoms with van der Waals surface area (Å²) in [5.74, 6) is -0.0887. The Kier molecular flexibility index (Phi) is 4.92. The van der Waals surface area contributed by atoms with Gasteiger partial charge in [-0.05, 0) is 29.8 Å². The van der Waals surface area contributed by atoms with Crippen LogP contribution in [0.15, 0.2) is 47.4 Å². The van der Waals surface area contributed by atoms with E-state index >= 15 is 0 Å². The zero-order valence-corrected chi connectivity index (χ0v) is 15.0. The molecule has 0 aliphatic carbocycles. The van der Waals surface area contributed by atoms with Crippen LogP contribution in [0, 0.1) is 10.1 Å². The SMILES string of the molecule is COc1cc(/C=C2\SC(=S)N(c3cccc([N+](=O)[O-])c3)C2=O)ccc1O. The minimum absolute atomic E-state index is 0.00575. The van der Waals surface area contributed by atoms with Gasteiger partial charge in [0.1, 0.15) is 0 Å². The van der Waals surface area contributed by atoms with Crippen molar-refractivity contribution in [3.05, 3.63) is 63.0 Å². The molecule has 1 aliphatic heterocycles. The predicted molar refractivity (Wildman–Crippen MR) is 103 cm³/mol. The number of benzene rings is 2. The van der Waals surface area contributed by atoms with Gasteiger partial charge in [0.25, 0.3) is 11.6 Å². The molecule has 2 aromatic carbocycles. The molecule has 26 heavy (non-hydrogen) atoms. The van der Waals surface area contributed by atoms with E-state index in [4.69, 9.17) is 17.0 Å². The molecule has 9 heteroatoms. The molecule has 1 amide bonds. The molecule has 132 valence electrons. The third kappa shape index (κ3) is 3.39. The zero-order valence-electron chi connectivity index (χ0n) is 13.4. The standard InChI is InChI=1S/C17H12N2O5S2/c1-24-14-7-10(5-6-13(14)20)8-15-16(21)18(17(25)26-15)11-3-2-4-12(9-11)19(22)23/h2-9,20H,1H3/b15-8-. The number of thioether (sulfide) groups is 1. The van der Waals surface area contributed by atoms with E-state index in [1.165, 1.54) is 36.3 Å². The van der Waals surface area contributed by atoms with E-state index in [1.54, 1.807) is 24.3 Å². The van der Waals surface area contributed by atoms with Gasteiger partial charge in [-0.2, -0.15) is 0 Å². The number of thiocarbonyl (C=S) groups is 1. The highest BCUT2D eigenvalue weighted by atomic mass is 32.2. The number of methoxy groups -OCH3 is 1. The van der Waals surface area contributed by atoms with Gasteiger partial charge >= 0.3 is 0 Å². The summed E-state index contributed by atoms with van der Waals surface area (Å²) in [6, 6.07) is 10.4. The highest BCUT2D eigenvalue weighted by molar-refractivity contribution is 8.27. The third-order valence-corrected chi connectivity index (χ3v) is 4.90. The molecule has 3 rings (SSSR count). The number of rotatable bonds is 4. The molecule has 7 nitrogen and oxygen atoms in total. The molecule has 0 radical (unpaired) electrons. The Morgan fingerprint density at radius 1 is 1.31 bits per heavy atom. The van der Waals surface area contributed by atoms with E-state index in [0.717, 1.165) is 11.8 Å². The van der Waals surface area contributed by atoms with E-state index < -0.39 is 4.92 Å². The smallest absolute Gasteiger partial charge is 0.271 e. The van der Waals surface area contributed by atoms with Crippen molar-refractivity contribution >= 4 is 51.7 Å². The molecular formula is C17H12N2O5S2. The number of hydrogen-bond donors (Lipinski definition) is 1. The molecule has 0 aromatic heterocycles. The molecule has 1 saturated heterocycles. The summed E-state index contributed by atoms with van der Waals surface area (Å²) >= 11 is 6.36. The Bertz CT molecular complexity index is 958. The number of phenols is 1. The summed E-state index contributed by atoms with van der Waals surface area (Å²) in [7, 11) is 1.43. The normalized spacial score (nSPS) is 15.6. The Morgan fingerprint density at radius 3 is 2.77 bits per heavy atom. The first kappa shape index (κ1) is 17.9. The van der Waals surface area contributed by atoms with Crippen molar-refractivity contribution in [1.82, 2.24) is 0 Å². The van der Waals surface area contributed by atoms with Crippen LogP contribution in [0.4, 0.5) is 11.4 Å². The first-order valence-electron chi connectivity index (χ1n) is 7.30. The number of hydrogen-bond acceptors (Lipinski definition) is 7. The van der Waals surface area contributed by atoms with Crippen molar-refractivity contribution in [2.75, 3.05) is 12.0 Å². The first-order chi connectivity index (χ1) is 12.4. The number of nitrogens with zero attached hydrogens (tertiary/aromatic N) is 2. The fourth-order valence-corrected chi connectivity index (χ4v) is 3.67. The van der Waals surface area contributed by atoms with Crippen molar-refractivity contribution in [3.63, 3.8) is 0 Å². The van der Waals surface area contributed by atoms with Crippen LogP contribution in [0.5, 0.6) is 11.5 Å². The second-order valence-corrected chi connectivity index (χ2v) is 6.90. The van der Waals surface area contributed by atoms with Gasteiger partial charge in [-0.25, -0.2) is 0 Å². The van der Waals surface area contributed by atoms with Crippen molar-refractivity contribution in [1.29, 1.82) is 0 Å². The summed E-state index contributed by atoms with van der Waals surface area (Å²) in [6.07, 6.45) is 1.62. The Hall–Kier alpha value is -2.91. The summed E-state index contributed by atoms with van der Waals surface area (Å²) in [5.41, 5.74) is 0.872. The number of aromatic hydroxyl groups is 1. The average Bonchev–Trinajstić information content (AvgIpc) is 2.90. The van der Waals surface area contributed by atoms with E-state index in [1.807, 2.05) is 0 Å². The van der Waals surface area contributed by atoms with Gasteiger partial charge in [0.2, 0.25) is 0 Å². The van der Waals surface area contributed by atoms with Crippen LogP contribution >= 0.6 is 24.0 Å². The van der Waals surface area contributed by atoms with E-state index in [0.29, 0.717) is 16.2 Å². The van der Waals surface area contributed by atoms with Crippen molar-refractivity contribution in [2.24, 2.45) is 0 Å². The number of carbonyl (C=O) groups is 1. The number of non-ortho nitro benzene ring substituents is 1. The predicted octanol–water partition coefficient (Wildman–Crippen LogP) is 3.71. The third-order valence-electron chi connectivity index (χ3n) is 3.59. The summed E-state index contributed by atoms with van der Waals surface area (Å²) in [6.45, 7) is 0. The van der Waals surface area contributed by atoms with Crippen LogP contribution in [-0.2, 0) is 4.79 Å². The zero-order chi connectivity index (χ0) is 18.8. The van der Waals surface area contributed by atoms with Gasteiger partial charge in [-0.1, -0.05) is 36.1 Å². The average molecular weight is 388 g/mol. The molecule has 1 fully saturated rings. The monoisotopic (exact) mass is 388 g/mol. The van der Waals surface area contributed by atoms with Crippen LogP contribution in [0.3, 0.4) is 0 Å². The number of nitro groups is 1. The molecule has 0 saturated carbocycles. The lowest BCUT2D eigenvalue weighted by Gasteiger charge is -2.13. The summed E-state index contributed by atoms with van der Waals surface area (Å²) in [5, 5.41) is 20.6. The minimum atomic E-state index is -0.528. The van der Waals surface area contributed by atoms with E-state index in [-0.39, 0.29) is 27.4 Å². The lowest BCUT2D eigenvalue weighted by molar-refractivity contribution is -0.384. The van der Waals surface area contributed by atoms with Gasteiger partial charge < -0.3 is 9.84 Å². The lowest BCUT2D eigenvalue weighted by atomic mass is 10.2. The molecule has 0 spiro atoms. The largest absolute Gasteiger partial charge is 0.504 e. The number of anilines is 1. The molecule has 0 bridgehead atoms. The van der Waals surface area contributed by atoms with Gasteiger partial charge in [-0.3, -0.25) is 19.8 Å². The van der Waals surface area contributed by atoms with Crippen LogP contribution in [-0.4, -0.2) is 27.4 Å². The fraction of sp³-hybridized carbons (Fsp3) is 0.0588. The highest BCUT2D eigenvalue weighted by Gasteiger charge is 2.34. The Morgan fingerprint density at radius 2 is 2.08 bits per heavy atom. The second kappa shape index (κ2) is 7.14. The van der Waals surface area contributed by atoms with Gasteiger partial charge in [-0.15, -0.1) is 0 Å². The number of carbonyl (C=O) groups excluding carboxylic acids is 1. The van der Waals surface area contributed by atoms with Gasteiger partial charge in [0, 0.05) is 12.1 Å². The van der Waals surface area contributed by atoms with Gasteiger partial charge in [0.15, 0.2) is 15.8 Å². The summed E-state index contributed by atoms with van der Waals surface area (Å²) < 4.78 is 5.34. The van der Waals surface area contributed by atoms with Crippen LogP contribution < -0.4 is 9.64 Å². The lowest BCUT2D eigenvalue weighted by Crippen LogP contribution is -2.27. The number of amides is 1. The van der Waals surface area contributed by atoms with Gasteiger partial charge in [0.05, 0.1) is 22.6 Å². The quantitative estimate of drug-likeness (QED) is 0.369. The van der Waals surface area contributed by atoms with E-state index in [9.17, 15) is 20.0 Å². The van der Waals surface area contributed by atoms with Crippen molar-refractivity contribution in [2.45, 2.75) is 0 Å². The first-order valence-corrected chi connectivity index (χ1v) is 8.52. The Labute approximate surface area is 158 Å². The van der Waals surface area contributed by atoms with Crippen LogP contribution in [0.2, 0.25) is 0 Å². The molecule has 0 unspecified atom stereocenters. The maximum atomic E-state index is 12.7. The van der Waals surface area contributed by atoms with E-state index in [2.05, 4.69) is 0 Å². The molecule has 1 heterocycles. The fourth-order valence-electron chi connectivity index (χ4n) is 2.37.